The molecule has 0 bridgehead atoms. The van der Waals surface area contributed by atoms with Crippen LogP contribution in [-0.2, 0) is 39.1 Å². The highest BCUT2D eigenvalue weighted by Crippen LogP contribution is 2.45. The van der Waals surface area contributed by atoms with Crippen LogP contribution in [0.15, 0.2) is 121 Å². The maximum Gasteiger partial charge on any atom is 0.338 e. The summed E-state index contributed by atoms with van der Waals surface area (Å²) in [4.78, 5) is 39.9. The van der Waals surface area contributed by atoms with Crippen LogP contribution in [0, 0.1) is 12.3 Å². The van der Waals surface area contributed by atoms with Gasteiger partial charge in [0, 0.05) is 5.56 Å². The Morgan fingerprint density at radius 3 is 1.68 bits per heavy atom. The van der Waals surface area contributed by atoms with Crippen molar-refractivity contribution in [3.63, 3.8) is 0 Å². The molecule has 2 saturated heterocycles. The average Bonchev–Trinajstić information content (AvgIpc) is 3.51. The van der Waals surface area contributed by atoms with Crippen molar-refractivity contribution in [3.8, 4) is 12.3 Å². The van der Waals surface area contributed by atoms with E-state index in [-0.39, 0.29) is 17.7 Å². The van der Waals surface area contributed by atoms with Gasteiger partial charge in [0.25, 0.3) is 0 Å². The van der Waals surface area contributed by atoms with E-state index in [4.69, 9.17) is 39.6 Å². The highest BCUT2D eigenvalue weighted by atomic mass is 16.9. The number of ether oxygens (including phenoxy) is 7. The first-order valence-corrected chi connectivity index (χ1v) is 14.9. The number of fused-ring (bicyclic) bond motifs is 1. The molecule has 1 unspecified atom stereocenters. The third kappa shape index (κ3) is 7.09. The van der Waals surface area contributed by atoms with Gasteiger partial charge in [-0.15, -0.1) is 6.42 Å². The Kier molecular flexibility index (Phi) is 9.71. The lowest BCUT2D eigenvalue weighted by atomic mass is 9.98. The fourth-order valence-electron chi connectivity index (χ4n) is 5.28. The molecule has 0 aliphatic carbocycles. The van der Waals surface area contributed by atoms with Gasteiger partial charge in [-0.05, 0) is 36.4 Å². The zero-order valence-electron chi connectivity index (χ0n) is 25.0. The van der Waals surface area contributed by atoms with Gasteiger partial charge in [0.2, 0.25) is 0 Å². The summed E-state index contributed by atoms with van der Waals surface area (Å²) >= 11 is 0. The number of rotatable bonds is 10. The molecular weight excluding hydrogens is 604 g/mol. The SMILES string of the molecule is C#CCOC1(c2ccccc2)O[C@H]2O[C@H](COC(=O)c3ccccc3)[C@H](OC(=O)c3ccccc3)[C@H](OC(=O)c3ccccc3)[C@H]2O1. The molecule has 4 aromatic rings. The fraction of sp³-hybridized carbons (Fsp3) is 0.216. The molecule has 10 nitrogen and oxygen atoms in total. The molecule has 6 atom stereocenters. The van der Waals surface area contributed by atoms with E-state index >= 15 is 0 Å². The van der Waals surface area contributed by atoms with Crippen LogP contribution in [-0.4, -0.2) is 61.8 Å². The van der Waals surface area contributed by atoms with Crippen LogP contribution in [0.25, 0.3) is 0 Å². The number of benzene rings is 4. The van der Waals surface area contributed by atoms with Crippen LogP contribution in [0.3, 0.4) is 0 Å². The fourth-order valence-corrected chi connectivity index (χ4v) is 5.28. The third-order valence-corrected chi connectivity index (χ3v) is 7.52. The van der Waals surface area contributed by atoms with Gasteiger partial charge in [-0.2, -0.15) is 0 Å². The summed E-state index contributed by atoms with van der Waals surface area (Å²) in [5.74, 6) is -1.55. The normalized spacial score (nSPS) is 24.7. The molecule has 0 radical (unpaired) electrons. The van der Waals surface area contributed by atoms with Crippen molar-refractivity contribution >= 4 is 17.9 Å². The topological polar surface area (TPSA) is 116 Å². The van der Waals surface area contributed by atoms with Crippen molar-refractivity contribution in [2.45, 2.75) is 36.7 Å². The van der Waals surface area contributed by atoms with Crippen LogP contribution in [0.4, 0.5) is 0 Å². The molecule has 0 amide bonds. The second-order valence-electron chi connectivity index (χ2n) is 10.6. The summed E-state index contributed by atoms with van der Waals surface area (Å²) in [5, 5.41) is 0. The van der Waals surface area contributed by atoms with Crippen LogP contribution in [0.5, 0.6) is 0 Å². The van der Waals surface area contributed by atoms with Gasteiger partial charge in [0.1, 0.15) is 19.3 Å². The van der Waals surface area contributed by atoms with Crippen LogP contribution in [0.2, 0.25) is 0 Å². The lowest BCUT2D eigenvalue weighted by Gasteiger charge is -2.41. The van der Waals surface area contributed by atoms with Gasteiger partial charge in [-0.3, -0.25) is 4.74 Å². The van der Waals surface area contributed by atoms with Gasteiger partial charge in [-0.1, -0.05) is 90.8 Å². The minimum Gasteiger partial charge on any atom is -0.459 e. The Morgan fingerprint density at radius 1 is 0.660 bits per heavy atom. The second kappa shape index (κ2) is 14.4. The minimum absolute atomic E-state index is 0.201. The summed E-state index contributed by atoms with van der Waals surface area (Å²) in [6.07, 6.45) is -0.730. The Labute approximate surface area is 271 Å². The number of hydrogen-bond acceptors (Lipinski definition) is 10. The highest BCUT2D eigenvalue weighted by Gasteiger charge is 2.62. The highest BCUT2D eigenvalue weighted by molar-refractivity contribution is 5.91. The first-order valence-electron chi connectivity index (χ1n) is 14.9. The van der Waals surface area contributed by atoms with Gasteiger partial charge >= 0.3 is 23.9 Å². The van der Waals surface area contributed by atoms with Crippen LogP contribution < -0.4 is 0 Å². The summed E-state index contributed by atoms with van der Waals surface area (Å²) < 4.78 is 42.6. The molecule has 0 spiro atoms. The molecule has 10 heteroatoms. The smallest absolute Gasteiger partial charge is 0.338 e. The summed E-state index contributed by atoms with van der Waals surface area (Å²) in [6, 6.07) is 33.7. The zero-order valence-corrected chi connectivity index (χ0v) is 25.0. The first kappa shape index (κ1) is 31.7. The number of hydrogen-bond donors (Lipinski definition) is 0. The second-order valence-corrected chi connectivity index (χ2v) is 10.6. The van der Waals surface area contributed by atoms with Crippen molar-refractivity contribution in [3.05, 3.63) is 144 Å². The molecular formula is C37H30O10. The standard InChI is InChI=1S/C37H30O10/c1-2-23-42-37(28-21-13-6-14-22-28)46-32-31(45-35(40)27-19-11-5-12-20-27)30(44-34(39)26-17-9-4-10-18-26)29(43-36(32)47-37)24-41-33(38)25-15-7-3-8-16-25/h1,3-22,29-32,36H,23-24H2/t29-,30+,31+,32-,36-,37?/m1/s1. The maximum absolute atomic E-state index is 13.5. The molecule has 6 rings (SSSR count). The average molecular weight is 635 g/mol. The molecule has 0 N–H and O–H groups in total. The molecule has 238 valence electrons. The van der Waals surface area contributed by atoms with E-state index in [1.165, 1.54) is 0 Å². The van der Waals surface area contributed by atoms with Crippen molar-refractivity contribution in [1.29, 1.82) is 0 Å². The molecule has 2 aliphatic heterocycles. The van der Waals surface area contributed by atoms with Crippen LogP contribution in [0.1, 0.15) is 36.6 Å². The molecule has 2 fully saturated rings. The van der Waals surface area contributed by atoms with E-state index in [1.807, 2.05) is 0 Å². The molecule has 47 heavy (non-hydrogen) atoms. The van der Waals surface area contributed by atoms with E-state index in [2.05, 4.69) is 5.92 Å². The van der Waals surface area contributed by atoms with Crippen molar-refractivity contribution in [1.82, 2.24) is 0 Å². The summed E-state index contributed by atoms with van der Waals surface area (Å²) in [7, 11) is 0. The predicted molar refractivity (Wildman–Crippen MR) is 166 cm³/mol. The van der Waals surface area contributed by atoms with Crippen molar-refractivity contribution < 1.29 is 47.5 Å². The molecule has 2 heterocycles. The van der Waals surface area contributed by atoms with Crippen molar-refractivity contribution in [2.24, 2.45) is 0 Å². The van der Waals surface area contributed by atoms with E-state index in [0.717, 1.165) is 0 Å². The van der Waals surface area contributed by atoms with Crippen molar-refractivity contribution in [2.75, 3.05) is 13.2 Å². The van der Waals surface area contributed by atoms with Crippen LogP contribution >= 0.6 is 0 Å². The predicted octanol–water partition coefficient (Wildman–Crippen LogP) is 4.90. The third-order valence-electron chi connectivity index (χ3n) is 7.52. The zero-order chi connectivity index (χ0) is 32.6. The molecule has 0 saturated carbocycles. The number of carbonyl (C=O) groups is 3. The lowest BCUT2D eigenvalue weighted by molar-refractivity contribution is -0.362. The first-order chi connectivity index (χ1) is 23.0. The Balaban J connectivity index is 1.38. The van der Waals surface area contributed by atoms with E-state index in [0.29, 0.717) is 11.1 Å². The Morgan fingerprint density at radius 2 is 1.15 bits per heavy atom. The quantitative estimate of drug-likeness (QED) is 0.136. The van der Waals surface area contributed by atoms with E-state index < -0.39 is 61.2 Å². The number of terminal acetylenes is 1. The van der Waals surface area contributed by atoms with Gasteiger partial charge in [-0.25, -0.2) is 14.4 Å². The van der Waals surface area contributed by atoms with E-state index in [1.54, 1.807) is 121 Å². The molecule has 0 aromatic heterocycles. The minimum atomic E-state index is -1.87. The van der Waals surface area contributed by atoms with Gasteiger partial charge in [0.15, 0.2) is 24.6 Å². The Bertz CT molecular complexity index is 1710. The largest absolute Gasteiger partial charge is 0.459 e. The number of esters is 3. The Hall–Kier alpha value is -5.31. The van der Waals surface area contributed by atoms with Gasteiger partial charge in [0.05, 0.1) is 16.7 Å². The van der Waals surface area contributed by atoms with Gasteiger partial charge < -0.3 is 28.4 Å². The monoisotopic (exact) mass is 634 g/mol. The summed E-state index contributed by atoms with van der Waals surface area (Å²) in [5.41, 5.74) is 1.23. The maximum atomic E-state index is 13.5. The summed E-state index contributed by atoms with van der Waals surface area (Å²) in [6.45, 7) is -0.594. The lowest BCUT2D eigenvalue weighted by Crippen LogP contribution is -2.60. The van der Waals surface area contributed by atoms with E-state index in [9.17, 15) is 14.4 Å². The number of carbonyl (C=O) groups excluding carboxylic acids is 3. The molecule has 4 aromatic carbocycles. The molecule has 2 aliphatic rings.